The van der Waals surface area contributed by atoms with Crippen LogP contribution in [0, 0.1) is 0 Å². The molecule has 2 heterocycles. The fourth-order valence-electron chi connectivity index (χ4n) is 5.73. The monoisotopic (exact) mass is 576 g/mol. The number of allylic oxidation sites excluding steroid dienone is 3. The second kappa shape index (κ2) is 12.8. The Hall–Kier alpha value is -5.86. The van der Waals surface area contributed by atoms with Crippen LogP contribution in [0.2, 0.25) is 0 Å². The fourth-order valence-corrected chi connectivity index (χ4v) is 5.73. The third-order valence-corrected chi connectivity index (χ3v) is 8.04. The van der Waals surface area contributed by atoms with E-state index in [0.29, 0.717) is 0 Å². The zero-order valence-corrected chi connectivity index (χ0v) is 25.1. The van der Waals surface area contributed by atoms with E-state index in [0.717, 1.165) is 56.0 Å². The van der Waals surface area contributed by atoms with Gasteiger partial charge in [0.05, 0.1) is 17.1 Å². The van der Waals surface area contributed by atoms with Crippen molar-refractivity contribution < 1.29 is 0 Å². The average Bonchev–Trinajstić information content (AvgIpc) is 3.12. The number of benzene rings is 5. The molecule has 0 aliphatic rings. The summed E-state index contributed by atoms with van der Waals surface area (Å²) in [6.45, 7) is 2.01. The van der Waals surface area contributed by atoms with E-state index in [1.165, 1.54) is 16.3 Å². The van der Waals surface area contributed by atoms with Crippen LogP contribution in [0.15, 0.2) is 170 Å². The Balaban J connectivity index is 1.32. The normalized spacial score (nSPS) is 11.5. The van der Waals surface area contributed by atoms with E-state index in [2.05, 4.69) is 132 Å². The molecule has 2 nitrogen and oxygen atoms in total. The molecule has 45 heavy (non-hydrogen) atoms. The van der Waals surface area contributed by atoms with Crippen molar-refractivity contribution in [3.63, 3.8) is 0 Å². The Morgan fingerprint density at radius 1 is 0.467 bits per heavy atom. The van der Waals surface area contributed by atoms with Crippen LogP contribution < -0.4 is 0 Å². The summed E-state index contributed by atoms with van der Waals surface area (Å²) in [6, 6.07) is 51.5. The van der Waals surface area contributed by atoms with E-state index in [1.807, 2.05) is 55.6 Å². The highest BCUT2D eigenvalue weighted by Crippen LogP contribution is 2.36. The summed E-state index contributed by atoms with van der Waals surface area (Å²) in [6.07, 6.45) is 9.96. The van der Waals surface area contributed by atoms with Gasteiger partial charge in [0, 0.05) is 22.9 Å². The predicted octanol–water partition coefficient (Wildman–Crippen LogP) is 11.6. The van der Waals surface area contributed by atoms with Gasteiger partial charge in [-0.2, -0.15) is 0 Å². The first kappa shape index (κ1) is 27.9. The van der Waals surface area contributed by atoms with Crippen LogP contribution in [-0.2, 0) is 0 Å². The van der Waals surface area contributed by atoms with Crippen molar-refractivity contribution in [1.29, 1.82) is 0 Å². The fraction of sp³-hybridized carbons (Fsp3) is 0.0233. The highest BCUT2D eigenvalue weighted by atomic mass is 14.7. The van der Waals surface area contributed by atoms with Gasteiger partial charge in [-0.25, -0.2) is 4.98 Å². The molecule has 0 unspecified atom stereocenters. The summed E-state index contributed by atoms with van der Waals surface area (Å²) in [5.41, 5.74) is 11.9. The molecule has 0 fully saturated rings. The van der Waals surface area contributed by atoms with Crippen molar-refractivity contribution >= 4 is 16.8 Å². The van der Waals surface area contributed by atoms with Crippen molar-refractivity contribution in [3.05, 3.63) is 176 Å². The highest BCUT2D eigenvalue weighted by molar-refractivity contribution is 5.89. The Kier molecular flexibility index (Phi) is 7.94. The molecular formula is C43H32N2. The van der Waals surface area contributed by atoms with Crippen LogP contribution in [0.5, 0.6) is 0 Å². The second-order valence-electron chi connectivity index (χ2n) is 11.0. The first-order valence-electron chi connectivity index (χ1n) is 15.3. The van der Waals surface area contributed by atoms with Gasteiger partial charge in [0.25, 0.3) is 0 Å². The van der Waals surface area contributed by atoms with E-state index in [1.54, 1.807) is 0 Å². The van der Waals surface area contributed by atoms with Crippen LogP contribution >= 0.6 is 0 Å². The van der Waals surface area contributed by atoms with Gasteiger partial charge in [0.15, 0.2) is 0 Å². The van der Waals surface area contributed by atoms with Gasteiger partial charge in [0.1, 0.15) is 0 Å². The van der Waals surface area contributed by atoms with Crippen LogP contribution in [0.25, 0.3) is 72.7 Å². The largest absolute Gasteiger partial charge is 0.256 e. The third kappa shape index (κ3) is 6.13. The van der Waals surface area contributed by atoms with Crippen molar-refractivity contribution in [2.45, 2.75) is 6.92 Å². The van der Waals surface area contributed by atoms with E-state index < -0.39 is 0 Å². The third-order valence-electron chi connectivity index (χ3n) is 8.04. The quantitative estimate of drug-likeness (QED) is 0.176. The topological polar surface area (TPSA) is 25.8 Å². The lowest BCUT2D eigenvalue weighted by molar-refractivity contribution is 1.29. The SMILES string of the molecule is C/C=C\C=C/c1ccc(-c2ccccc2)c(-c2ccc(-c3cc(-c4ccc5ccccc5c4)cc(-c4ccccn4)c3)cc2)n1. The van der Waals surface area contributed by atoms with Gasteiger partial charge in [0.2, 0.25) is 0 Å². The Labute approximate surface area is 264 Å². The van der Waals surface area contributed by atoms with Crippen molar-refractivity contribution in [3.8, 4) is 55.9 Å². The minimum absolute atomic E-state index is 0.926. The lowest BCUT2D eigenvalue weighted by Crippen LogP contribution is -1.93. The van der Waals surface area contributed by atoms with Gasteiger partial charge in [-0.05, 0) is 94.1 Å². The summed E-state index contributed by atoms with van der Waals surface area (Å²) in [5, 5.41) is 2.47. The van der Waals surface area contributed by atoms with E-state index >= 15 is 0 Å². The molecule has 5 aromatic carbocycles. The molecule has 2 heteroatoms. The van der Waals surface area contributed by atoms with Crippen LogP contribution in [0.4, 0.5) is 0 Å². The van der Waals surface area contributed by atoms with Gasteiger partial charge < -0.3 is 0 Å². The summed E-state index contributed by atoms with van der Waals surface area (Å²) in [5.74, 6) is 0. The second-order valence-corrected chi connectivity index (χ2v) is 11.0. The number of hydrogen-bond donors (Lipinski definition) is 0. The number of hydrogen-bond acceptors (Lipinski definition) is 2. The first-order valence-corrected chi connectivity index (χ1v) is 15.3. The lowest BCUT2D eigenvalue weighted by Gasteiger charge is -2.13. The number of aromatic nitrogens is 2. The molecule has 2 aromatic heterocycles. The maximum Gasteiger partial charge on any atom is 0.0787 e. The molecule has 0 saturated carbocycles. The van der Waals surface area contributed by atoms with Gasteiger partial charge >= 0.3 is 0 Å². The van der Waals surface area contributed by atoms with Crippen molar-refractivity contribution in [1.82, 2.24) is 9.97 Å². The standard InChI is InChI=1S/C43H32N2/c1-2-3-5-16-40-24-25-41(33-13-6-4-7-14-33)43(45-40)34-21-18-32(19-22-34)37-28-38(30-39(29-37)42-17-10-11-26-44-42)36-23-20-31-12-8-9-15-35(31)27-36/h2-30H,1H3/b3-2-,16-5-. The summed E-state index contributed by atoms with van der Waals surface area (Å²) < 4.78 is 0. The molecule has 7 aromatic rings. The summed E-state index contributed by atoms with van der Waals surface area (Å²) in [7, 11) is 0. The molecule has 0 aliphatic carbocycles. The van der Waals surface area contributed by atoms with Gasteiger partial charge in [-0.3, -0.25) is 4.98 Å². The molecule has 0 N–H and O–H groups in total. The Morgan fingerprint density at radius 3 is 1.93 bits per heavy atom. The molecule has 0 bridgehead atoms. The van der Waals surface area contributed by atoms with Gasteiger partial charge in [-0.1, -0.05) is 121 Å². The average molecular weight is 577 g/mol. The van der Waals surface area contributed by atoms with Crippen LogP contribution in [0.1, 0.15) is 12.6 Å². The summed E-state index contributed by atoms with van der Waals surface area (Å²) in [4.78, 5) is 9.77. The Morgan fingerprint density at radius 2 is 1.16 bits per heavy atom. The molecule has 0 aliphatic heterocycles. The molecule has 0 radical (unpaired) electrons. The Bertz CT molecular complexity index is 2140. The van der Waals surface area contributed by atoms with Crippen molar-refractivity contribution in [2.75, 3.05) is 0 Å². The minimum atomic E-state index is 0.926. The highest BCUT2D eigenvalue weighted by Gasteiger charge is 2.12. The molecule has 0 spiro atoms. The predicted molar refractivity (Wildman–Crippen MR) is 191 cm³/mol. The maximum absolute atomic E-state index is 5.10. The number of fused-ring (bicyclic) bond motifs is 1. The lowest BCUT2D eigenvalue weighted by atomic mass is 9.92. The molecular weight excluding hydrogens is 544 g/mol. The summed E-state index contributed by atoms with van der Waals surface area (Å²) >= 11 is 0. The zero-order chi connectivity index (χ0) is 30.4. The zero-order valence-electron chi connectivity index (χ0n) is 25.1. The van der Waals surface area contributed by atoms with Crippen LogP contribution in [-0.4, -0.2) is 9.97 Å². The number of pyridine rings is 2. The molecule has 0 atom stereocenters. The molecule has 0 amide bonds. The number of rotatable bonds is 7. The maximum atomic E-state index is 5.10. The molecule has 7 rings (SSSR count). The first-order chi connectivity index (χ1) is 22.2. The smallest absolute Gasteiger partial charge is 0.0787 e. The van der Waals surface area contributed by atoms with E-state index in [4.69, 9.17) is 4.98 Å². The molecule has 214 valence electrons. The molecule has 0 saturated heterocycles. The van der Waals surface area contributed by atoms with E-state index in [-0.39, 0.29) is 0 Å². The van der Waals surface area contributed by atoms with Crippen LogP contribution in [0.3, 0.4) is 0 Å². The minimum Gasteiger partial charge on any atom is -0.256 e. The number of nitrogens with zero attached hydrogens (tertiary/aromatic N) is 2. The van der Waals surface area contributed by atoms with E-state index in [9.17, 15) is 0 Å². The van der Waals surface area contributed by atoms with Crippen molar-refractivity contribution in [2.24, 2.45) is 0 Å². The van der Waals surface area contributed by atoms with Gasteiger partial charge in [-0.15, -0.1) is 0 Å².